The average molecular weight is 335 g/mol. The molecule has 1 saturated heterocycles. The van der Waals surface area contributed by atoms with Gasteiger partial charge < -0.3 is 5.11 Å². The fraction of sp³-hybridized carbons (Fsp3) is 0.583. The van der Waals surface area contributed by atoms with Gasteiger partial charge in [-0.25, -0.2) is 13.2 Å². The molecule has 0 spiro atoms. The van der Waals surface area contributed by atoms with Gasteiger partial charge in [-0.05, 0) is 31.7 Å². The van der Waals surface area contributed by atoms with Gasteiger partial charge in [0.1, 0.15) is 9.77 Å². The number of sulfonamides is 1. The topological polar surface area (TPSA) is 74.7 Å². The molecule has 1 aromatic heterocycles. The van der Waals surface area contributed by atoms with E-state index in [1.165, 1.54) is 4.31 Å². The van der Waals surface area contributed by atoms with Crippen molar-refractivity contribution in [2.45, 2.75) is 30.4 Å². The van der Waals surface area contributed by atoms with Gasteiger partial charge in [0.25, 0.3) is 0 Å². The largest absolute Gasteiger partial charge is 0.477 e. The van der Waals surface area contributed by atoms with Crippen LogP contribution < -0.4 is 0 Å². The van der Waals surface area contributed by atoms with Crippen molar-refractivity contribution in [1.29, 1.82) is 0 Å². The number of carboxylic acid groups (broad SMARTS) is 1. The van der Waals surface area contributed by atoms with E-state index >= 15 is 0 Å². The predicted molar refractivity (Wildman–Crippen MR) is 81.3 cm³/mol. The molecule has 1 N–H and O–H groups in total. The van der Waals surface area contributed by atoms with Crippen LogP contribution in [-0.2, 0) is 10.0 Å². The minimum atomic E-state index is -3.75. The van der Waals surface area contributed by atoms with E-state index in [2.05, 4.69) is 0 Å². The third-order valence-electron chi connectivity index (χ3n) is 3.10. The maximum atomic E-state index is 12.7. The Bertz CT molecular complexity index is 633. The van der Waals surface area contributed by atoms with Gasteiger partial charge in [-0.2, -0.15) is 16.1 Å². The quantitative estimate of drug-likeness (QED) is 0.917. The minimum absolute atomic E-state index is 0.0438. The molecule has 5 nitrogen and oxygen atoms in total. The Kier molecular flexibility index (Phi) is 4.21. The molecule has 1 aliphatic rings. The predicted octanol–water partition coefficient (Wildman–Crippen LogP) is 2.27. The number of carbonyl (C=O) groups is 1. The van der Waals surface area contributed by atoms with Crippen molar-refractivity contribution in [2.24, 2.45) is 0 Å². The summed E-state index contributed by atoms with van der Waals surface area (Å²) in [5.41, 5.74) is 0.503. The lowest BCUT2D eigenvalue weighted by molar-refractivity contribution is 0.0698. The third-order valence-corrected chi connectivity index (χ3v) is 7.65. The molecule has 0 saturated carbocycles. The summed E-state index contributed by atoms with van der Waals surface area (Å²) in [7, 11) is -3.75. The standard InChI is InChI=1S/C12H17NO4S3/c1-8-6-18-9(11(14)15)10(8)20(16,17)13-4-5-19-12(2,3)7-13/h6H,4-5,7H2,1-3H3,(H,14,15). The highest BCUT2D eigenvalue weighted by Crippen LogP contribution is 2.35. The normalized spacial score (nSPS) is 19.9. The van der Waals surface area contributed by atoms with Crippen LogP contribution in [0, 0.1) is 6.92 Å². The van der Waals surface area contributed by atoms with Crippen molar-refractivity contribution in [3.63, 3.8) is 0 Å². The molecule has 112 valence electrons. The van der Waals surface area contributed by atoms with Gasteiger partial charge in [-0.15, -0.1) is 11.3 Å². The fourth-order valence-corrected chi connectivity index (χ4v) is 6.70. The van der Waals surface area contributed by atoms with Crippen molar-refractivity contribution in [3.8, 4) is 0 Å². The zero-order chi connectivity index (χ0) is 15.1. The van der Waals surface area contributed by atoms with E-state index < -0.39 is 16.0 Å². The zero-order valence-electron chi connectivity index (χ0n) is 11.5. The van der Waals surface area contributed by atoms with E-state index in [9.17, 15) is 13.2 Å². The molecule has 0 radical (unpaired) electrons. The first-order valence-electron chi connectivity index (χ1n) is 6.11. The average Bonchev–Trinajstić information content (AvgIpc) is 2.70. The first-order valence-corrected chi connectivity index (χ1v) is 9.41. The summed E-state index contributed by atoms with van der Waals surface area (Å²) in [6, 6.07) is 0. The number of aromatic carboxylic acids is 1. The van der Waals surface area contributed by atoms with E-state index in [1.54, 1.807) is 24.1 Å². The number of rotatable bonds is 3. The number of carboxylic acids is 1. The minimum Gasteiger partial charge on any atom is -0.477 e. The second-order valence-corrected chi connectivity index (χ2v) is 9.89. The summed E-state index contributed by atoms with van der Waals surface area (Å²) < 4.78 is 26.7. The lowest BCUT2D eigenvalue weighted by Crippen LogP contribution is -2.46. The maximum absolute atomic E-state index is 12.7. The van der Waals surface area contributed by atoms with E-state index in [-0.39, 0.29) is 14.5 Å². The van der Waals surface area contributed by atoms with Crippen LogP contribution in [0.2, 0.25) is 0 Å². The van der Waals surface area contributed by atoms with Crippen LogP contribution >= 0.6 is 23.1 Å². The molecule has 1 fully saturated rings. The molecule has 0 atom stereocenters. The molecule has 0 unspecified atom stereocenters. The Labute approximate surface area is 127 Å². The van der Waals surface area contributed by atoms with Gasteiger partial charge in [-0.3, -0.25) is 0 Å². The Hall–Kier alpha value is -0.570. The van der Waals surface area contributed by atoms with Gasteiger partial charge in [-0.1, -0.05) is 0 Å². The molecule has 0 aliphatic carbocycles. The number of hydrogen-bond donors (Lipinski definition) is 1. The van der Waals surface area contributed by atoms with Crippen LogP contribution in [0.5, 0.6) is 0 Å². The molecule has 20 heavy (non-hydrogen) atoms. The third kappa shape index (κ3) is 2.88. The highest BCUT2D eigenvalue weighted by atomic mass is 32.2. The second kappa shape index (κ2) is 5.32. The molecular formula is C12H17NO4S3. The van der Waals surface area contributed by atoms with Gasteiger partial charge in [0, 0.05) is 23.6 Å². The smallest absolute Gasteiger partial charge is 0.347 e. The van der Waals surface area contributed by atoms with Gasteiger partial charge in [0.05, 0.1) is 0 Å². The van der Waals surface area contributed by atoms with E-state index in [0.717, 1.165) is 17.1 Å². The molecule has 1 aliphatic heterocycles. The van der Waals surface area contributed by atoms with Gasteiger partial charge in [0.2, 0.25) is 10.0 Å². The van der Waals surface area contributed by atoms with Crippen LogP contribution in [0.15, 0.2) is 10.3 Å². The van der Waals surface area contributed by atoms with E-state index in [0.29, 0.717) is 18.7 Å². The van der Waals surface area contributed by atoms with Crippen molar-refractivity contribution in [3.05, 3.63) is 15.8 Å². The molecular weight excluding hydrogens is 318 g/mol. The summed E-state index contributed by atoms with van der Waals surface area (Å²) in [5.74, 6) is -0.468. The van der Waals surface area contributed by atoms with Crippen molar-refractivity contribution in [2.75, 3.05) is 18.8 Å². The summed E-state index contributed by atoms with van der Waals surface area (Å²) in [6.07, 6.45) is 0. The van der Waals surface area contributed by atoms with Crippen LogP contribution in [-0.4, -0.2) is 47.4 Å². The number of aryl methyl sites for hydroxylation is 1. The number of hydrogen-bond acceptors (Lipinski definition) is 5. The van der Waals surface area contributed by atoms with Crippen LogP contribution in [0.4, 0.5) is 0 Å². The van der Waals surface area contributed by atoms with Crippen LogP contribution in [0.25, 0.3) is 0 Å². The van der Waals surface area contributed by atoms with Crippen LogP contribution in [0.1, 0.15) is 29.1 Å². The van der Waals surface area contributed by atoms with Crippen molar-refractivity contribution < 1.29 is 18.3 Å². The summed E-state index contributed by atoms with van der Waals surface area (Å²) in [4.78, 5) is 11.1. The van der Waals surface area contributed by atoms with Crippen molar-refractivity contribution >= 4 is 39.1 Å². The fourth-order valence-electron chi connectivity index (χ4n) is 2.21. The van der Waals surface area contributed by atoms with Crippen LogP contribution in [0.3, 0.4) is 0 Å². The molecule has 2 heterocycles. The molecule has 2 rings (SSSR count). The molecule has 8 heteroatoms. The SMILES string of the molecule is Cc1csc(C(=O)O)c1S(=O)(=O)N1CCSC(C)(C)C1. The summed E-state index contributed by atoms with van der Waals surface area (Å²) in [5, 5.41) is 10.8. The van der Waals surface area contributed by atoms with E-state index in [1.807, 2.05) is 13.8 Å². The first-order chi connectivity index (χ1) is 9.15. The number of nitrogens with zero attached hydrogens (tertiary/aromatic N) is 1. The zero-order valence-corrected chi connectivity index (χ0v) is 14.0. The van der Waals surface area contributed by atoms with E-state index in [4.69, 9.17) is 5.11 Å². The second-order valence-electron chi connectivity index (χ2n) is 5.33. The molecule has 0 aromatic carbocycles. The molecule has 1 aromatic rings. The van der Waals surface area contributed by atoms with Gasteiger partial charge in [0.15, 0.2) is 0 Å². The molecule has 0 bridgehead atoms. The van der Waals surface area contributed by atoms with Gasteiger partial charge >= 0.3 is 5.97 Å². The highest BCUT2D eigenvalue weighted by Gasteiger charge is 2.37. The maximum Gasteiger partial charge on any atom is 0.347 e. The molecule has 0 amide bonds. The Morgan fingerprint density at radius 3 is 2.65 bits per heavy atom. The van der Waals surface area contributed by atoms with Crippen molar-refractivity contribution in [1.82, 2.24) is 4.31 Å². The lowest BCUT2D eigenvalue weighted by atomic mass is 10.2. The lowest BCUT2D eigenvalue weighted by Gasteiger charge is -2.36. The Balaban J connectivity index is 2.46. The number of thiophene rings is 1. The summed E-state index contributed by atoms with van der Waals surface area (Å²) >= 11 is 2.70. The highest BCUT2D eigenvalue weighted by molar-refractivity contribution is 8.00. The monoisotopic (exact) mass is 335 g/mol. The number of thioether (sulfide) groups is 1. The first kappa shape index (κ1) is 15.8. The Morgan fingerprint density at radius 1 is 1.45 bits per heavy atom. The summed E-state index contributed by atoms with van der Waals surface area (Å²) in [6.45, 7) is 6.45. The Morgan fingerprint density at radius 2 is 2.10 bits per heavy atom.